The normalized spacial score (nSPS) is 14.8. The Morgan fingerprint density at radius 2 is 1.79 bits per heavy atom. The fourth-order valence-corrected chi connectivity index (χ4v) is 4.60. The van der Waals surface area contributed by atoms with Crippen molar-refractivity contribution in [1.29, 1.82) is 0 Å². The van der Waals surface area contributed by atoms with Crippen molar-refractivity contribution in [2.75, 3.05) is 23.3 Å². The third-order valence-corrected chi connectivity index (χ3v) is 6.60. The van der Waals surface area contributed by atoms with Crippen LogP contribution in [0.4, 0.5) is 30.6 Å². The molecule has 0 atom stereocenters. The molecular weight excluding hydrogens is 499 g/mol. The number of halogens is 3. The highest BCUT2D eigenvalue weighted by molar-refractivity contribution is 5.71. The highest BCUT2D eigenvalue weighted by Crippen LogP contribution is 2.32. The lowest BCUT2D eigenvalue weighted by Crippen LogP contribution is -2.34. The van der Waals surface area contributed by atoms with Crippen molar-refractivity contribution in [2.45, 2.75) is 31.9 Å². The van der Waals surface area contributed by atoms with E-state index in [1.165, 1.54) is 6.33 Å². The van der Waals surface area contributed by atoms with Gasteiger partial charge in [-0.25, -0.2) is 34.6 Å². The fraction of sp³-hybridized carbons (Fsp3) is 0.292. The molecule has 0 saturated carbocycles. The predicted octanol–water partition coefficient (Wildman–Crippen LogP) is 3.95. The molecule has 0 radical (unpaired) electrons. The van der Waals surface area contributed by atoms with Gasteiger partial charge in [0.1, 0.15) is 12.7 Å². The maximum atomic E-state index is 12.8. The molecule has 194 valence electrons. The molecule has 0 aliphatic carbocycles. The number of hydrogen-bond acceptors (Lipinski definition) is 9. The van der Waals surface area contributed by atoms with Crippen LogP contribution in [0, 0.1) is 6.92 Å². The largest absolute Gasteiger partial charge is 0.419 e. The molecule has 1 N–H and O–H groups in total. The van der Waals surface area contributed by atoms with E-state index in [2.05, 4.69) is 40.3 Å². The number of aryl methyl sites for hydroxylation is 1. The maximum Gasteiger partial charge on any atom is 0.419 e. The van der Waals surface area contributed by atoms with Crippen LogP contribution >= 0.6 is 0 Å². The minimum absolute atomic E-state index is 0.219. The van der Waals surface area contributed by atoms with Gasteiger partial charge in [-0.1, -0.05) is 0 Å². The van der Waals surface area contributed by atoms with Crippen LogP contribution in [-0.2, 0) is 6.18 Å². The van der Waals surface area contributed by atoms with Crippen LogP contribution in [0.5, 0.6) is 0 Å². The van der Waals surface area contributed by atoms with Crippen molar-refractivity contribution in [3.8, 4) is 5.82 Å². The molecule has 1 aliphatic rings. The number of aromatic nitrogens is 9. The van der Waals surface area contributed by atoms with Gasteiger partial charge < -0.3 is 10.2 Å². The highest BCUT2D eigenvalue weighted by Gasteiger charge is 2.32. The Morgan fingerprint density at radius 3 is 2.47 bits per heavy atom. The maximum absolute atomic E-state index is 12.8. The number of piperidine rings is 1. The molecule has 0 aromatic carbocycles. The zero-order chi connectivity index (χ0) is 26.3. The zero-order valence-corrected chi connectivity index (χ0v) is 20.2. The third kappa shape index (κ3) is 4.48. The van der Waals surface area contributed by atoms with E-state index in [1.54, 1.807) is 17.2 Å². The molecule has 14 heteroatoms. The van der Waals surface area contributed by atoms with Gasteiger partial charge in [0.2, 0.25) is 5.95 Å². The summed E-state index contributed by atoms with van der Waals surface area (Å²) in [4.78, 5) is 27.5. The van der Waals surface area contributed by atoms with E-state index in [1.807, 2.05) is 40.8 Å². The lowest BCUT2D eigenvalue weighted by Gasteiger charge is -2.31. The summed E-state index contributed by atoms with van der Waals surface area (Å²) in [6.07, 6.45) is 7.29. The summed E-state index contributed by atoms with van der Waals surface area (Å²) in [5, 5.41) is 7.45. The van der Waals surface area contributed by atoms with Gasteiger partial charge >= 0.3 is 6.18 Å². The summed E-state index contributed by atoms with van der Waals surface area (Å²) in [6, 6.07) is 3.75. The number of anilines is 3. The average molecular weight is 522 g/mol. The molecule has 0 amide bonds. The molecule has 6 rings (SSSR count). The summed E-state index contributed by atoms with van der Waals surface area (Å²) in [6.45, 7) is 3.15. The Morgan fingerprint density at radius 1 is 1.00 bits per heavy atom. The number of imidazole rings is 1. The van der Waals surface area contributed by atoms with Gasteiger partial charge in [-0.2, -0.15) is 18.3 Å². The first kappa shape index (κ1) is 23.8. The minimum atomic E-state index is -4.45. The minimum Gasteiger partial charge on any atom is -0.341 e. The summed E-state index contributed by atoms with van der Waals surface area (Å²) < 4.78 is 42.1. The number of pyridine rings is 1. The standard InChI is InChI=1S/C24H22F3N11/c1-15-18(2-3-20(34-15)38-14-28-13-33-38)35-21-22-30-12-19(37(22)9-6-29-21)16-4-7-36(8-5-16)23-31-10-17(11-32-23)24(25,26)27/h2-3,6,9-14,16H,4-5,7-8H2,1H3,(H,29,35). The van der Waals surface area contributed by atoms with Gasteiger partial charge in [0, 0.05) is 55.7 Å². The van der Waals surface area contributed by atoms with E-state index in [4.69, 9.17) is 0 Å². The number of alkyl halides is 3. The Labute approximate surface area is 214 Å². The van der Waals surface area contributed by atoms with Crippen LogP contribution < -0.4 is 10.2 Å². The molecule has 0 unspecified atom stereocenters. The second kappa shape index (κ2) is 9.36. The van der Waals surface area contributed by atoms with Gasteiger partial charge in [0.15, 0.2) is 17.3 Å². The van der Waals surface area contributed by atoms with Crippen LogP contribution in [0.15, 0.2) is 55.8 Å². The van der Waals surface area contributed by atoms with E-state index in [-0.39, 0.29) is 5.92 Å². The molecular formula is C24H22F3N11. The lowest BCUT2D eigenvalue weighted by molar-refractivity contribution is -0.138. The van der Waals surface area contributed by atoms with Crippen LogP contribution in [0.1, 0.15) is 35.7 Å². The van der Waals surface area contributed by atoms with Crippen molar-refractivity contribution in [2.24, 2.45) is 0 Å². The topological polar surface area (TPSA) is 115 Å². The van der Waals surface area contributed by atoms with Crippen molar-refractivity contribution < 1.29 is 13.2 Å². The van der Waals surface area contributed by atoms with Crippen molar-refractivity contribution >= 4 is 23.1 Å². The van der Waals surface area contributed by atoms with Crippen LogP contribution in [0.2, 0.25) is 0 Å². The second-order valence-corrected chi connectivity index (χ2v) is 8.95. The first-order valence-electron chi connectivity index (χ1n) is 11.9. The molecule has 38 heavy (non-hydrogen) atoms. The SMILES string of the molecule is Cc1nc(-n2cncn2)ccc1Nc1nccn2c(C3CCN(c4ncc(C(F)(F)F)cn4)CC3)cnc12. The first-order chi connectivity index (χ1) is 18.4. The average Bonchev–Trinajstić information content (AvgIpc) is 3.61. The quantitative estimate of drug-likeness (QED) is 0.367. The Hall–Kier alpha value is -4.62. The zero-order valence-electron chi connectivity index (χ0n) is 20.2. The van der Waals surface area contributed by atoms with Crippen molar-refractivity contribution in [3.05, 3.63) is 72.7 Å². The van der Waals surface area contributed by atoms with Crippen LogP contribution in [-0.4, -0.2) is 57.2 Å². The van der Waals surface area contributed by atoms with E-state index in [0.717, 1.165) is 42.3 Å². The van der Waals surface area contributed by atoms with Gasteiger partial charge in [0.05, 0.1) is 16.9 Å². The van der Waals surface area contributed by atoms with E-state index in [9.17, 15) is 13.2 Å². The van der Waals surface area contributed by atoms with E-state index in [0.29, 0.717) is 36.3 Å². The molecule has 0 spiro atoms. The molecule has 1 aliphatic heterocycles. The Bertz CT molecular complexity index is 1550. The third-order valence-electron chi connectivity index (χ3n) is 6.60. The smallest absolute Gasteiger partial charge is 0.341 e. The van der Waals surface area contributed by atoms with Gasteiger partial charge in [-0.3, -0.25) is 4.40 Å². The Balaban J connectivity index is 1.17. The fourth-order valence-electron chi connectivity index (χ4n) is 4.60. The summed E-state index contributed by atoms with van der Waals surface area (Å²) in [5.74, 6) is 1.79. The summed E-state index contributed by atoms with van der Waals surface area (Å²) in [5.41, 5.74) is 2.46. The lowest BCUT2D eigenvalue weighted by atomic mass is 9.94. The molecule has 1 saturated heterocycles. The highest BCUT2D eigenvalue weighted by atomic mass is 19.4. The Kier molecular flexibility index (Phi) is 5.85. The summed E-state index contributed by atoms with van der Waals surface area (Å²) in [7, 11) is 0. The number of nitrogens with one attached hydrogen (secondary N) is 1. The van der Waals surface area contributed by atoms with Crippen LogP contribution in [0.3, 0.4) is 0 Å². The molecule has 11 nitrogen and oxygen atoms in total. The van der Waals surface area contributed by atoms with E-state index >= 15 is 0 Å². The van der Waals surface area contributed by atoms with Gasteiger partial charge in [0.25, 0.3) is 0 Å². The monoisotopic (exact) mass is 521 g/mol. The molecule has 5 aromatic heterocycles. The molecule has 0 bridgehead atoms. The number of fused-ring (bicyclic) bond motifs is 1. The van der Waals surface area contributed by atoms with E-state index < -0.39 is 11.7 Å². The van der Waals surface area contributed by atoms with Gasteiger partial charge in [-0.05, 0) is 31.9 Å². The number of nitrogens with zero attached hydrogens (tertiary/aromatic N) is 10. The predicted molar refractivity (Wildman–Crippen MR) is 131 cm³/mol. The molecule has 6 heterocycles. The second-order valence-electron chi connectivity index (χ2n) is 8.95. The number of rotatable bonds is 5. The van der Waals surface area contributed by atoms with Gasteiger partial charge in [-0.15, -0.1) is 0 Å². The molecule has 1 fully saturated rings. The van der Waals surface area contributed by atoms with Crippen molar-refractivity contribution in [3.63, 3.8) is 0 Å². The number of hydrogen-bond donors (Lipinski definition) is 1. The first-order valence-corrected chi connectivity index (χ1v) is 11.9. The van der Waals surface area contributed by atoms with Crippen LogP contribution in [0.25, 0.3) is 11.5 Å². The van der Waals surface area contributed by atoms with Crippen molar-refractivity contribution in [1.82, 2.24) is 44.1 Å². The summed E-state index contributed by atoms with van der Waals surface area (Å²) >= 11 is 0. The molecule has 5 aromatic rings.